The third-order valence-corrected chi connectivity index (χ3v) is 3.52. The van der Waals surface area contributed by atoms with E-state index in [-0.39, 0.29) is 5.56 Å². The van der Waals surface area contributed by atoms with Crippen LogP contribution >= 0.6 is 0 Å². The molecule has 0 aliphatic carbocycles. The number of aromatic nitrogens is 5. The molecule has 0 amide bonds. The lowest BCUT2D eigenvalue weighted by Gasteiger charge is -2.01. The summed E-state index contributed by atoms with van der Waals surface area (Å²) in [4.78, 5) is 26.8. The molecule has 0 saturated heterocycles. The van der Waals surface area contributed by atoms with Crippen LogP contribution in [0.4, 0.5) is 0 Å². The highest BCUT2D eigenvalue weighted by Crippen LogP contribution is 2.22. The lowest BCUT2D eigenvalue weighted by atomic mass is 10.2. The number of aromatic carboxylic acids is 1. The highest BCUT2D eigenvalue weighted by Gasteiger charge is 2.15. The van der Waals surface area contributed by atoms with Crippen molar-refractivity contribution in [2.45, 2.75) is 0 Å². The number of H-pyrrole nitrogens is 1. The standard InChI is InChI=1S/C15H8N6O2/c16-4-8-1-2-21-11(7-17-12(21)3-8)10-6-19-14-13(20-10)9(5-18-14)15(22)23/h1-3,5-7H,(H,18,19)(H,22,23). The third kappa shape index (κ3) is 1.91. The number of fused-ring (bicyclic) bond motifs is 2. The first-order valence-electron chi connectivity index (χ1n) is 6.62. The molecule has 4 aromatic heterocycles. The minimum atomic E-state index is -1.07. The van der Waals surface area contributed by atoms with Crippen molar-refractivity contribution in [2.75, 3.05) is 0 Å². The molecule has 0 atom stereocenters. The van der Waals surface area contributed by atoms with Gasteiger partial charge in [-0.05, 0) is 12.1 Å². The van der Waals surface area contributed by atoms with E-state index in [4.69, 9.17) is 5.26 Å². The third-order valence-electron chi connectivity index (χ3n) is 3.52. The molecule has 0 fully saturated rings. The van der Waals surface area contributed by atoms with Crippen LogP contribution in [0.25, 0.3) is 28.2 Å². The maximum Gasteiger partial charge on any atom is 0.339 e. The van der Waals surface area contributed by atoms with Crippen molar-refractivity contribution < 1.29 is 9.90 Å². The zero-order valence-corrected chi connectivity index (χ0v) is 11.6. The minimum absolute atomic E-state index is 0.0648. The SMILES string of the molecule is N#Cc1ccn2c(-c3cnc4[nH]cc(C(=O)O)c4n3)cnc2c1. The Balaban J connectivity index is 1.94. The zero-order chi connectivity index (χ0) is 16.0. The van der Waals surface area contributed by atoms with Gasteiger partial charge in [0.05, 0.1) is 29.7 Å². The molecular weight excluding hydrogens is 296 g/mol. The van der Waals surface area contributed by atoms with Crippen molar-refractivity contribution in [1.82, 2.24) is 24.3 Å². The number of carbonyl (C=O) groups is 1. The van der Waals surface area contributed by atoms with E-state index in [1.165, 1.54) is 6.20 Å². The fraction of sp³-hybridized carbons (Fsp3) is 0. The first kappa shape index (κ1) is 13.0. The predicted molar refractivity (Wildman–Crippen MR) is 79.7 cm³/mol. The molecule has 8 nitrogen and oxygen atoms in total. The fourth-order valence-electron chi connectivity index (χ4n) is 2.42. The Kier molecular flexibility index (Phi) is 2.62. The molecular formula is C15H8N6O2. The van der Waals surface area contributed by atoms with Crippen LogP contribution in [0.1, 0.15) is 15.9 Å². The van der Waals surface area contributed by atoms with E-state index >= 15 is 0 Å². The van der Waals surface area contributed by atoms with Crippen molar-refractivity contribution in [3.63, 3.8) is 0 Å². The summed E-state index contributed by atoms with van der Waals surface area (Å²) in [5.74, 6) is -1.07. The molecule has 4 heterocycles. The van der Waals surface area contributed by atoms with E-state index in [2.05, 4.69) is 26.0 Å². The minimum Gasteiger partial charge on any atom is -0.478 e. The number of imidazole rings is 1. The molecule has 0 bridgehead atoms. The topological polar surface area (TPSA) is 120 Å². The van der Waals surface area contributed by atoms with Gasteiger partial charge in [-0.1, -0.05) is 0 Å². The predicted octanol–water partition coefficient (Wildman–Crippen LogP) is 1.84. The molecule has 0 aromatic carbocycles. The van der Waals surface area contributed by atoms with Crippen LogP contribution in [0, 0.1) is 11.3 Å². The van der Waals surface area contributed by atoms with Crippen molar-refractivity contribution >= 4 is 22.8 Å². The summed E-state index contributed by atoms with van der Waals surface area (Å²) in [6.07, 6.45) is 6.24. The first-order chi connectivity index (χ1) is 11.2. The summed E-state index contributed by atoms with van der Waals surface area (Å²) in [5, 5.41) is 18.1. The maximum atomic E-state index is 11.2. The number of aromatic amines is 1. The Morgan fingerprint density at radius 3 is 3.00 bits per heavy atom. The number of pyridine rings is 1. The normalized spacial score (nSPS) is 10.9. The number of nitrogens with one attached hydrogen (secondary N) is 1. The monoisotopic (exact) mass is 304 g/mol. The van der Waals surface area contributed by atoms with Gasteiger partial charge in [0.2, 0.25) is 0 Å². The molecule has 4 rings (SSSR count). The molecule has 23 heavy (non-hydrogen) atoms. The largest absolute Gasteiger partial charge is 0.478 e. The lowest BCUT2D eigenvalue weighted by Crippen LogP contribution is -1.97. The highest BCUT2D eigenvalue weighted by molar-refractivity contribution is 6.00. The van der Waals surface area contributed by atoms with Crippen LogP contribution in [-0.2, 0) is 0 Å². The van der Waals surface area contributed by atoms with Crippen molar-refractivity contribution in [3.05, 3.63) is 48.0 Å². The van der Waals surface area contributed by atoms with Crippen LogP contribution < -0.4 is 0 Å². The van der Waals surface area contributed by atoms with Crippen LogP contribution in [-0.4, -0.2) is 35.4 Å². The van der Waals surface area contributed by atoms with Gasteiger partial charge in [-0.2, -0.15) is 5.26 Å². The van der Waals surface area contributed by atoms with Gasteiger partial charge < -0.3 is 10.1 Å². The van der Waals surface area contributed by atoms with Gasteiger partial charge in [0, 0.05) is 12.4 Å². The second-order valence-electron chi connectivity index (χ2n) is 4.86. The summed E-state index contributed by atoms with van der Waals surface area (Å²) >= 11 is 0. The van der Waals surface area contributed by atoms with Crippen molar-refractivity contribution in [1.29, 1.82) is 5.26 Å². The molecule has 2 N–H and O–H groups in total. The summed E-state index contributed by atoms with van der Waals surface area (Å²) in [7, 11) is 0. The Morgan fingerprint density at radius 1 is 1.35 bits per heavy atom. The van der Waals surface area contributed by atoms with Crippen molar-refractivity contribution in [2.24, 2.45) is 0 Å². The van der Waals surface area contributed by atoms with Gasteiger partial charge in [0.15, 0.2) is 5.65 Å². The number of carboxylic acids is 1. The second kappa shape index (κ2) is 4.64. The van der Waals surface area contributed by atoms with Crippen molar-refractivity contribution in [3.8, 4) is 17.5 Å². The van der Waals surface area contributed by atoms with E-state index in [0.717, 1.165) is 0 Å². The van der Waals surface area contributed by atoms with E-state index in [0.29, 0.717) is 33.8 Å². The zero-order valence-electron chi connectivity index (χ0n) is 11.6. The summed E-state index contributed by atoms with van der Waals surface area (Å²) in [6.45, 7) is 0. The van der Waals surface area contributed by atoms with Crippen LogP contribution in [0.3, 0.4) is 0 Å². The lowest BCUT2D eigenvalue weighted by molar-refractivity contribution is 0.0699. The number of hydrogen-bond acceptors (Lipinski definition) is 5. The highest BCUT2D eigenvalue weighted by atomic mass is 16.4. The molecule has 0 spiro atoms. The molecule has 0 saturated carbocycles. The number of rotatable bonds is 2. The average molecular weight is 304 g/mol. The second-order valence-corrected chi connectivity index (χ2v) is 4.86. The number of nitrogens with zero attached hydrogens (tertiary/aromatic N) is 5. The van der Waals surface area contributed by atoms with Gasteiger partial charge in [-0.25, -0.2) is 19.7 Å². The average Bonchev–Trinajstić information content (AvgIpc) is 3.17. The summed E-state index contributed by atoms with van der Waals surface area (Å²) in [6, 6.07) is 5.39. The van der Waals surface area contributed by atoms with Crippen LogP contribution in [0.15, 0.2) is 36.9 Å². The molecule has 0 unspecified atom stereocenters. The van der Waals surface area contributed by atoms with Gasteiger partial charge in [-0.3, -0.25) is 4.40 Å². The van der Waals surface area contributed by atoms with Crippen LogP contribution in [0.5, 0.6) is 0 Å². The summed E-state index contributed by atoms with van der Waals surface area (Å²) in [5.41, 5.74) is 3.04. The number of hydrogen-bond donors (Lipinski definition) is 2. The molecule has 8 heteroatoms. The van der Waals surface area contributed by atoms with Gasteiger partial charge >= 0.3 is 5.97 Å². The van der Waals surface area contributed by atoms with Gasteiger partial charge in [0.1, 0.15) is 22.4 Å². The number of carboxylic acid groups (broad SMARTS) is 1. The Bertz CT molecular complexity index is 1120. The quantitative estimate of drug-likeness (QED) is 0.583. The van der Waals surface area contributed by atoms with E-state index in [1.807, 2.05) is 0 Å². The Labute approximate surface area is 128 Å². The Morgan fingerprint density at radius 2 is 2.22 bits per heavy atom. The maximum absolute atomic E-state index is 11.2. The fourth-order valence-corrected chi connectivity index (χ4v) is 2.42. The number of nitriles is 1. The Hall–Kier alpha value is -3.73. The van der Waals surface area contributed by atoms with E-state index < -0.39 is 5.97 Å². The van der Waals surface area contributed by atoms with Gasteiger partial charge in [0.25, 0.3) is 0 Å². The molecule has 0 aliphatic rings. The molecule has 4 aromatic rings. The van der Waals surface area contributed by atoms with E-state index in [1.54, 1.807) is 35.1 Å². The van der Waals surface area contributed by atoms with E-state index in [9.17, 15) is 9.90 Å². The van der Waals surface area contributed by atoms with Crippen LogP contribution in [0.2, 0.25) is 0 Å². The molecule has 0 aliphatic heterocycles. The molecule has 110 valence electrons. The van der Waals surface area contributed by atoms with Gasteiger partial charge in [-0.15, -0.1) is 0 Å². The molecule has 0 radical (unpaired) electrons. The smallest absolute Gasteiger partial charge is 0.339 e. The summed E-state index contributed by atoms with van der Waals surface area (Å²) < 4.78 is 1.77. The first-order valence-corrected chi connectivity index (χ1v) is 6.62.